The van der Waals surface area contributed by atoms with Crippen molar-refractivity contribution in [2.45, 2.75) is 44.1 Å². The van der Waals surface area contributed by atoms with E-state index in [1.165, 1.54) is 7.11 Å². The molecule has 0 N–H and O–H groups in total. The number of rotatable bonds is 7. The molecule has 0 radical (unpaired) electrons. The monoisotopic (exact) mass is 429 g/mol. The fourth-order valence-electron chi connectivity index (χ4n) is 4.66. The lowest BCUT2D eigenvalue weighted by Gasteiger charge is -2.41. The highest BCUT2D eigenvalue weighted by Crippen LogP contribution is 2.53. The van der Waals surface area contributed by atoms with Gasteiger partial charge in [0.15, 0.2) is 0 Å². The number of methoxy groups -OCH3 is 1. The predicted molar refractivity (Wildman–Crippen MR) is 114 cm³/mol. The molecular formula is C23H28NO5P. The molecule has 7 heteroatoms. The van der Waals surface area contributed by atoms with Gasteiger partial charge in [-0.2, -0.15) is 0 Å². The lowest BCUT2D eigenvalue weighted by Crippen LogP contribution is -2.53. The lowest BCUT2D eigenvalue weighted by molar-refractivity contribution is -0.154. The van der Waals surface area contributed by atoms with Gasteiger partial charge in [-0.15, -0.1) is 0 Å². The Hall–Kier alpha value is -1.98. The number of benzene rings is 2. The first-order valence-electron chi connectivity index (χ1n) is 10.3. The number of nitrogens with zero attached hydrogens (tertiary/aromatic N) is 1. The third kappa shape index (κ3) is 4.23. The van der Waals surface area contributed by atoms with Crippen LogP contribution in [-0.2, 0) is 29.8 Å². The smallest absolute Gasteiger partial charge is 0.361 e. The molecule has 0 spiro atoms. The van der Waals surface area contributed by atoms with Crippen LogP contribution < -0.4 is 5.30 Å². The molecule has 1 unspecified atom stereocenters. The summed E-state index contributed by atoms with van der Waals surface area (Å²) in [6.07, 6.45) is 2.00. The molecule has 5 atom stereocenters. The molecule has 2 saturated heterocycles. The van der Waals surface area contributed by atoms with Crippen molar-refractivity contribution < 1.29 is 23.1 Å². The zero-order valence-corrected chi connectivity index (χ0v) is 18.2. The number of piperidine rings is 1. The zero-order valence-electron chi connectivity index (χ0n) is 17.3. The second-order valence-electron chi connectivity index (χ2n) is 7.98. The van der Waals surface area contributed by atoms with Gasteiger partial charge in [-0.3, -0.25) is 14.3 Å². The average Bonchev–Trinajstić information content (AvgIpc) is 3.02. The summed E-state index contributed by atoms with van der Waals surface area (Å²) in [7, 11) is -0.234. The molecule has 2 heterocycles. The maximum Gasteiger partial charge on any atom is 0.361 e. The third-order valence-corrected chi connectivity index (χ3v) is 8.23. The van der Waals surface area contributed by atoms with Crippen LogP contribution in [-0.4, -0.2) is 43.2 Å². The number of carbonyl (C=O) groups is 1. The minimum atomic E-state index is -3.66. The topological polar surface area (TPSA) is 65.1 Å². The zero-order chi connectivity index (χ0) is 21.1. The molecule has 4 rings (SSSR count). The van der Waals surface area contributed by atoms with E-state index in [1.54, 1.807) is 12.1 Å². The number of hydrogen-bond donors (Lipinski definition) is 0. The Morgan fingerprint density at radius 3 is 2.40 bits per heavy atom. The second-order valence-corrected chi connectivity index (χ2v) is 9.96. The van der Waals surface area contributed by atoms with Gasteiger partial charge in [0, 0.05) is 12.1 Å². The molecule has 2 aromatic rings. The molecule has 0 saturated carbocycles. The van der Waals surface area contributed by atoms with Gasteiger partial charge in [-0.05, 0) is 44.0 Å². The highest BCUT2D eigenvalue weighted by Gasteiger charge is 2.52. The lowest BCUT2D eigenvalue weighted by atomic mass is 9.88. The van der Waals surface area contributed by atoms with E-state index >= 15 is 0 Å². The van der Waals surface area contributed by atoms with E-state index < -0.39 is 19.6 Å². The summed E-state index contributed by atoms with van der Waals surface area (Å²) in [5.41, 5.74) is 0.908. The van der Waals surface area contributed by atoms with Crippen LogP contribution in [0.25, 0.3) is 0 Å². The molecule has 2 aromatic carbocycles. The number of esters is 1. The fourth-order valence-corrected chi connectivity index (χ4v) is 6.42. The van der Waals surface area contributed by atoms with E-state index in [0.717, 1.165) is 18.4 Å². The molecular weight excluding hydrogens is 401 g/mol. The van der Waals surface area contributed by atoms with Crippen molar-refractivity contribution in [1.82, 2.24) is 4.90 Å². The Bertz CT molecular complexity index is 906. The van der Waals surface area contributed by atoms with Gasteiger partial charge in [-0.25, -0.2) is 0 Å². The first-order valence-corrected chi connectivity index (χ1v) is 11.9. The predicted octanol–water partition coefficient (Wildman–Crippen LogP) is 3.76. The summed E-state index contributed by atoms with van der Waals surface area (Å²) >= 11 is 0. The van der Waals surface area contributed by atoms with Crippen LogP contribution in [0.4, 0.5) is 0 Å². The van der Waals surface area contributed by atoms with Crippen LogP contribution in [0.2, 0.25) is 0 Å². The van der Waals surface area contributed by atoms with Crippen molar-refractivity contribution >= 4 is 18.9 Å². The second kappa shape index (κ2) is 9.03. The molecule has 2 aliphatic rings. The van der Waals surface area contributed by atoms with Gasteiger partial charge in [0.05, 0.1) is 31.0 Å². The van der Waals surface area contributed by atoms with Gasteiger partial charge in [0.25, 0.3) is 0 Å². The number of ether oxygens (including phenoxy) is 1. The quantitative estimate of drug-likeness (QED) is 0.493. The average molecular weight is 429 g/mol. The van der Waals surface area contributed by atoms with Crippen LogP contribution >= 0.6 is 7.60 Å². The van der Waals surface area contributed by atoms with E-state index in [-0.39, 0.29) is 18.6 Å². The molecule has 0 aliphatic carbocycles. The maximum atomic E-state index is 14.0. The van der Waals surface area contributed by atoms with E-state index in [9.17, 15) is 9.36 Å². The van der Waals surface area contributed by atoms with E-state index in [4.69, 9.17) is 13.8 Å². The fraction of sp³-hybridized carbons (Fsp3) is 0.435. The number of fused-ring (bicyclic) bond motifs is 2. The van der Waals surface area contributed by atoms with E-state index in [2.05, 4.69) is 4.90 Å². The van der Waals surface area contributed by atoms with Crippen LogP contribution in [0.1, 0.15) is 24.8 Å². The maximum absolute atomic E-state index is 14.0. The first-order chi connectivity index (χ1) is 14.5. The highest BCUT2D eigenvalue weighted by atomic mass is 31.2. The Morgan fingerprint density at radius 2 is 1.73 bits per heavy atom. The summed E-state index contributed by atoms with van der Waals surface area (Å²) in [5.74, 6) is -0.809. The van der Waals surface area contributed by atoms with Crippen molar-refractivity contribution in [2.24, 2.45) is 5.92 Å². The molecule has 0 amide bonds. The molecule has 2 fully saturated rings. The summed E-state index contributed by atoms with van der Waals surface area (Å²) in [6, 6.07) is 18.9. The SMILES string of the molecule is COC(=O)[C@H]1[C@@H](OP(=O)(OCc2ccccc2)c2ccccc2)C[C@@H]2CC[C@H]1N2C. The molecule has 160 valence electrons. The first kappa shape index (κ1) is 21.3. The minimum Gasteiger partial charge on any atom is -0.469 e. The summed E-state index contributed by atoms with van der Waals surface area (Å²) in [6.45, 7) is 0.162. The van der Waals surface area contributed by atoms with Crippen LogP contribution in [0.5, 0.6) is 0 Å². The van der Waals surface area contributed by atoms with E-state index in [1.807, 2.05) is 55.6 Å². The van der Waals surface area contributed by atoms with Crippen LogP contribution in [0.15, 0.2) is 60.7 Å². The minimum absolute atomic E-state index is 0.0274. The standard InChI is InChI=1S/C23H28NO5P/c1-24-18-13-14-20(24)22(23(25)27-2)21(15-18)29-30(26,19-11-7-4-8-12-19)28-16-17-9-5-3-6-10-17/h3-12,18,20-22H,13-16H2,1-2H3/t18-,20+,21-,22+,30?/m0/s1. The van der Waals surface area contributed by atoms with E-state index in [0.29, 0.717) is 17.8 Å². The van der Waals surface area contributed by atoms with Crippen LogP contribution in [0, 0.1) is 5.92 Å². The van der Waals surface area contributed by atoms with Gasteiger partial charge >= 0.3 is 13.6 Å². The van der Waals surface area contributed by atoms with Gasteiger partial charge in [0.2, 0.25) is 0 Å². The Labute approximate surface area is 177 Å². The molecule has 0 aromatic heterocycles. The van der Waals surface area contributed by atoms with Crippen molar-refractivity contribution in [3.05, 3.63) is 66.2 Å². The summed E-state index contributed by atoms with van der Waals surface area (Å²) in [4.78, 5) is 14.9. The van der Waals surface area contributed by atoms with Gasteiger partial charge in [-0.1, -0.05) is 48.5 Å². The largest absolute Gasteiger partial charge is 0.469 e. The Balaban J connectivity index is 1.62. The summed E-state index contributed by atoms with van der Waals surface area (Å²) < 4.78 is 31.3. The highest BCUT2D eigenvalue weighted by molar-refractivity contribution is 7.62. The Kier molecular flexibility index (Phi) is 6.40. The van der Waals surface area contributed by atoms with Crippen molar-refractivity contribution in [2.75, 3.05) is 14.2 Å². The van der Waals surface area contributed by atoms with Crippen LogP contribution in [0.3, 0.4) is 0 Å². The summed E-state index contributed by atoms with van der Waals surface area (Å²) in [5, 5.41) is 0.496. The van der Waals surface area contributed by atoms with Crippen molar-refractivity contribution in [3.63, 3.8) is 0 Å². The Morgan fingerprint density at radius 1 is 1.07 bits per heavy atom. The van der Waals surface area contributed by atoms with Crippen molar-refractivity contribution in [1.29, 1.82) is 0 Å². The molecule has 2 bridgehead atoms. The normalized spacial score (nSPS) is 28.1. The molecule has 30 heavy (non-hydrogen) atoms. The molecule has 2 aliphatic heterocycles. The number of carbonyl (C=O) groups excluding carboxylic acids is 1. The van der Waals surface area contributed by atoms with Gasteiger partial charge < -0.3 is 13.8 Å². The number of hydrogen-bond acceptors (Lipinski definition) is 6. The third-order valence-electron chi connectivity index (χ3n) is 6.28. The van der Waals surface area contributed by atoms with Gasteiger partial charge in [0.1, 0.15) is 0 Å². The molecule has 6 nitrogen and oxygen atoms in total. The van der Waals surface area contributed by atoms with Crippen molar-refractivity contribution in [3.8, 4) is 0 Å².